The van der Waals surface area contributed by atoms with E-state index in [-0.39, 0.29) is 28.4 Å². The number of nitrogen functional groups attached to an aromatic ring is 1. The highest BCUT2D eigenvalue weighted by atomic mass is 35.5. The molecule has 0 aromatic heterocycles. The zero-order valence-electron chi connectivity index (χ0n) is 11.1. The van der Waals surface area contributed by atoms with E-state index in [9.17, 15) is 13.6 Å². The van der Waals surface area contributed by atoms with Crippen LogP contribution in [0.5, 0.6) is 0 Å². The van der Waals surface area contributed by atoms with Gasteiger partial charge in [0.15, 0.2) is 0 Å². The molecule has 110 valence electrons. The van der Waals surface area contributed by atoms with E-state index in [1.54, 1.807) is 0 Å². The number of benzene rings is 2. The van der Waals surface area contributed by atoms with Crippen molar-refractivity contribution in [1.82, 2.24) is 0 Å². The minimum Gasteiger partial charge on any atom is -0.457 e. The van der Waals surface area contributed by atoms with Crippen LogP contribution in [-0.2, 0) is 11.3 Å². The summed E-state index contributed by atoms with van der Waals surface area (Å²) in [7, 11) is 0. The van der Waals surface area contributed by atoms with Crippen LogP contribution in [-0.4, -0.2) is 5.97 Å². The monoisotopic (exact) mass is 311 g/mol. The van der Waals surface area contributed by atoms with Crippen LogP contribution in [0.1, 0.15) is 21.5 Å². The first-order valence-electron chi connectivity index (χ1n) is 6.05. The first kappa shape index (κ1) is 15.3. The SMILES string of the molecule is Cc1c(N)cc(C(=O)OCc2ccc(Cl)c(F)c2)cc1F. The minimum absolute atomic E-state index is 0.00466. The van der Waals surface area contributed by atoms with Crippen LogP contribution < -0.4 is 5.73 Å². The zero-order valence-corrected chi connectivity index (χ0v) is 11.9. The van der Waals surface area contributed by atoms with E-state index in [4.69, 9.17) is 22.1 Å². The molecule has 3 nitrogen and oxygen atoms in total. The second-order valence-corrected chi connectivity index (χ2v) is 4.90. The van der Waals surface area contributed by atoms with Gasteiger partial charge in [-0.3, -0.25) is 0 Å². The molecule has 0 aliphatic rings. The first-order chi connectivity index (χ1) is 9.88. The molecule has 0 spiro atoms. The molecule has 0 saturated carbocycles. The average Bonchev–Trinajstić information content (AvgIpc) is 2.45. The Morgan fingerprint density at radius 3 is 2.57 bits per heavy atom. The van der Waals surface area contributed by atoms with E-state index < -0.39 is 17.6 Å². The van der Waals surface area contributed by atoms with Crippen LogP contribution in [0.4, 0.5) is 14.5 Å². The molecule has 6 heteroatoms. The summed E-state index contributed by atoms with van der Waals surface area (Å²) < 4.78 is 31.7. The summed E-state index contributed by atoms with van der Waals surface area (Å²) in [6.45, 7) is 1.36. The van der Waals surface area contributed by atoms with Gasteiger partial charge < -0.3 is 10.5 Å². The molecule has 0 atom stereocenters. The maximum absolute atomic E-state index is 13.5. The van der Waals surface area contributed by atoms with Gasteiger partial charge in [0.05, 0.1) is 10.6 Å². The molecule has 0 aliphatic heterocycles. The van der Waals surface area contributed by atoms with Crippen molar-refractivity contribution in [1.29, 1.82) is 0 Å². The van der Waals surface area contributed by atoms with Crippen LogP contribution >= 0.6 is 11.6 Å². The minimum atomic E-state index is -0.740. The number of hydrogen-bond donors (Lipinski definition) is 1. The second kappa shape index (κ2) is 6.10. The Labute approximate surface area is 125 Å². The quantitative estimate of drug-likeness (QED) is 0.691. The van der Waals surface area contributed by atoms with Crippen molar-refractivity contribution in [2.24, 2.45) is 0 Å². The Morgan fingerprint density at radius 2 is 1.95 bits per heavy atom. The summed E-state index contributed by atoms with van der Waals surface area (Å²) in [6.07, 6.45) is 0. The molecular formula is C15H12ClF2NO2. The Hall–Kier alpha value is -2.14. The van der Waals surface area contributed by atoms with E-state index in [0.717, 1.165) is 6.07 Å². The van der Waals surface area contributed by atoms with E-state index >= 15 is 0 Å². The van der Waals surface area contributed by atoms with Crippen LogP contribution in [0.2, 0.25) is 5.02 Å². The van der Waals surface area contributed by atoms with Gasteiger partial charge in [0.2, 0.25) is 0 Å². The molecule has 2 N–H and O–H groups in total. The van der Waals surface area contributed by atoms with Crippen molar-refractivity contribution in [2.45, 2.75) is 13.5 Å². The fourth-order valence-corrected chi connectivity index (χ4v) is 1.80. The van der Waals surface area contributed by atoms with Gasteiger partial charge >= 0.3 is 5.97 Å². The fourth-order valence-electron chi connectivity index (χ4n) is 1.68. The van der Waals surface area contributed by atoms with Crippen molar-refractivity contribution < 1.29 is 18.3 Å². The molecule has 2 rings (SSSR count). The van der Waals surface area contributed by atoms with Gasteiger partial charge in [-0.05, 0) is 36.8 Å². The van der Waals surface area contributed by atoms with Gasteiger partial charge in [-0.15, -0.1) is 0 Å². The summed E-state index contributed by atoms with van der Waals surface area (Å²) in [4.78, 5) is 11.8. The third kappa shape index (κ3) is 3.49. The van der Waals surface area contributed by atoms with Gasteiger partial charge in [0, 0.05) is 11.3 Å². The lowest BCUT2D eigenvalue weighted by molar-refractivity contribution is 0.0472. The highest BCUT2D eigenvalue weighted by molar-refractivity contribution is 6.30. The van der Waals surface area contributed by atoms with E-state index in [0.29, 0.717) is 5.56 Å². The molecule has 2 aromatic carbocycles. The van der Waals surface area contributed by atoms with Crippen molar-refractivity contribution in [3.8, 4) is 0 Å². The van der Waals surface area contributed by atoms with Crippen LogP contribution in [0.15, 0.2) is 30.3 Å². The molecule has 0 radical (unpaired) electrons. The highest BCUT2D eigenvalue weighted by Crippen LogP contribution is 2.19. The van der Waals surface area contributed by atoms with E-state index in [1.165, 1.54) is 31.2 Å². The number of nitrogens with two attached hydrogens (primary N) is 1. The van der Waals surface area contributed by atoms with Crippen LogP contribution in [0.3, 0.4) is 0 Å². The van der Waals surface area contributed by atoms with Crippen molar-refractivity contribution >= 4 is 23.3 Å². The lowest BCUT2D eigenvalue weighted by Crippen LogP contribution is -2.07. The lowest BCUT2D eigenvalue weighted by atomic mass is 10.1. The lowest BCUT2D eigenvalue weighted by Gasteiger charge is -2.08. The molecule has 0 heterocycles. The summed E-state index contributed by atoms with van der Waals surface area (Å²) in [5, 5.41) is -0.0153. The third-order valence-corrected chi connectivity index (χ3v) is 3.28. The van der Waals surface area contributed by atoms with Crippen molar-refractivity contribution in [3.05, 3.63) is 63.7 Å². The van der Waals surface area contributed by atoms with Gasteiger partial charge in [-0.25, -0.2) is 13.6 Å². The molecule has 0 saturated heterocycles. The zero-order chi connectivity index (χ0) is 15.6. The number of rotatable bonds is 3. The van der Waals surface area contributed by atoms with Gasteiger partial charge in [-0.1, -0.05) is 17.7 Å². The van der Waals surface area contributed by atoms with Crippen molar-refractivity contribution in [2.75, 3.05) is 5.73 Å². The molecule has 0 aliphatic carbocycles. The molecule has 0 amide bonds. The number of halogens is 3. The topological polar surface area (TPSA) is 52.3 Å². The molecule has 2 aromatic rings. The predicted octanol–water partition coefficient (Wildman–Crippen LogP) is 3.87. The Balaban J connectivity index is 2.10. The Bertz CT molecular complexity index is 681. The Kier molecular flexibility index (Phi) is 4.43. The molecular weight excluding hydrogens is 300 g/mol. The first-order valence-corrected chi connectivity index (χ1v) is 6.43. The number of anilines is 1. The van der Waals surface area contributed by atoms with Gasteiger partial charge in [-0.2, -0.15) is 0 Å². The summed E-state index contributed by atoms with van der Waals surface area (Å²) >= 11 is 5.55. The van der Waals surface area contributed by atoms with Crippen LogP contribution in [0.25, 0.3) is 0 Å². The molecule has 0 fully saturated rings. The second-order valence-electron chi connectivity index (χ2n) is 4.50. The third-order valence-electron chi connectivity index (χ3n) is 2.97. The maximum atomic E-state index is 13.5. The predicted molar refractivity (Wildman–Crippen MR) is 76.1 cm³/mol. The van der Waals surface area contributed by atoms with E-state index in [2.05, 4.69) is 0 Å². The smallest absolute Gasteiger partial charge is 0.338 e. The van der Waals surface area contributed by atoms with E-state index in [1.807, 2.05) is 0 Å². The van der Waals surface area contributed by atoms with Crippen LogP contribution in [0, 0.1) is 18.6 Å². The summed E-state index contributed by atoms with van der Waals surface area (Å²) in [5.74, 6) is -1.92. The number of carbonyl (C=O) groups excluding carboxylic acids is 1. The van der Waals surface area contributed by atoms with Crippen molar-refractivity contribution in [3.63, 3.8) is 0 Å². The highest BCUT2D eigenvalue weighted by Gasteiger charge is 2.13. The van der Waals surface area contributed by atoms with Gasteiger partial charge in [0.25, 0.3) is 0 Å². The number of ether oxygens (including phenoxy) is 1. The molecule has 0 unspecified atom stereocenters. The largest absolute Gasteiger partial charge is 0.457 e. The number of esters is 1. The normalized spacial score (nSPS) is 10.5. The average molecular weight is 312 g/mol. The summed E-state index contributed by atoms with van der Waals surface area (Å²) in [6, 6.07) is 6.45. The standard InChI is InChI=1S/C15H12ClF2NO2/c1-8-12(17)5-10(6-14(8)19)15(20)21-7-9-2-3-11(16)13(18)4-9/h2-6H,7,19H2,1H3. The van der Waals surface area contributed by atoms with Gasteiger partial charge in [0.1, 0.15) is 18.2 Å². The molecule has 0 bridgehead atoms. The number of hydrogen-bond acceptors (Lipinski definition) is 3. The summed E-state index contributed by atoms with van der Waals surface area (Å²) in [5.41, 5.74) is 6.47. The molecule has 21 heavy (non-hydrogen) atoms. The maximum Gasteiger partial charge on any atom is 0.338 e. The number of carbonyl (C=O) groups is 1. The Morgan fingerprint density at radius 1 is 1.24 bits per heavy atom. The fraction of sp³-hybridized carbons (Fsp3) is 0.133.